The molecule has 10 heteroatoms. The van der Waals surface area contributed by atoms with E-state index in [1.165, 1.54) is 4.90 Å². The molecule has 2 aromatic carbocycles. The van der Waals surface area contributed by atoms with E-state index in [0.29, 0.717) is 0 Å². The maximum Gasteiger partial charge on any atom is 0.408 e. The molecular formula is C28H33N3O6S. The summed E-state index contributed by atoms with van der Waals surface area (Å²) >= 11 is 0. The van der Waals surface area contributed by atoms with E-state index in [1.807, 2.05) is 42.5 Å². The normalized spacial score (nSPS) is 18.6. The SMILES string of the molecule is CC(C)(C)N(C(=O)O)C1(C(=O)N[C@H](C#N)Cc2ccc(-c3ccc4c(c3)CS(=O)(=O)C4)cc2)CCOCC1. The zero-order valence-electron chi connectivity index (χ0n) is 21.9. The van der Waals surface area contributed by atoms with Crippen molar-refractivity contribution in [2.45, 2.75) is 68.7 Å². The molecule has 2 aromatic rings. The monoisotopic (exact) mass is 539 g/mol. The first-order chi connectivity index (χ1) is 17.8. The largest absolute Gasteiger partial charge is 0.465 e. The van der Waals surface area contributed by atoms with Gasteiger partial charge in [0.1, 0.15) is 11.6 Å². The van der Waals surface area contributed by atoms with Crippen molar-refractivity contribution in [2.24, 2.45) is 0 Å². The maximum atomic E-state index is 13.6. The fraction of sp³-hybridized carbons (Fsp3) is 0.464. The van der Waals surface area contributed by atoms with Crippen LogP contribution in [0.4, 0.5) is 4.79 Å². The van der Waals surface area contributed by atoms with E-state index in [1.54, 1.807) is 20.8 Å². The highest BCUT2D eigenvalue weighted by atomic mass is 32.2. The van der Waals surface area contributed by atoms with E-state index < -0.39 is 39.0 Å². The molecule has 2 aliphatic rings. The molecule has 0 aromatic heterocycles. The third kappa shape index (κ3) is 5.69. The number of sulfone groups is 1. The number of hydrogen-bond donors (Lipinski definition) is 2. The third-order valence-corrected chi connectivity index (χ3v) is 8.68. The Morgan fingerprint density at radius 3 is 2.26 bits per heavy atom. The van der Waals surface area contributed by atoms with E-state index in [4.69, 9.17) is 4.74 Å². The van der Waals surface area contributed by atoms with Gasteiger partial charge in [-0.2, -0.15) is 5.26 Å². The zero-order chi connectivity index (χ0) is 27.7. The Bertz CT molecular complexity index is 1370. The molecule has 4 rings (SSSR count). The summed E-state index contributed by atoms with van der Waals surface area (Å²) in [6.07, 6.45) is -0.530. The lowest BCUT2D eigenvalue weighted by Gasteiger charge is -2.49. The second kappa shape index (κ2) is 10.4. The van der Waals surface area contributed by atoms with Gasteiger partial charge < -0.3 is 15.2 Å². The summed E-state index contributed by atoms with van der Waals surface area (Å²) in [5, 5.41) is 22.6. The minimum Gasteiger partial charge on any atom is -0.465 e. The van der Waals surface area contributed by atoms with Crippen molar-refractivity contribution in [1.82, 2.24) is 10.2 Å². The molecule has 38 heavy (non-hydrogen) atoms. The number of nitrogens with one attached hydrogen (secondary N) is 1. The molecule has 0 aliphatic carbocycles. The number of rotatable bonds is 6. The molecule has 9 nitrogen and oxygen atoms in total. The van der Waals surface area contributed by atoms with Gasteiger partial charge in [-0.15, -0.1) is 0 Å². The summed E-state index contributed by atoms with van der Waals surface area (Å²) in [6.45, 7) is 5.74. The van der Waals surface area contributed by atoms with Crippen molar-refractivity contribution in [1.29, 1.82) is 5.26 Å². The Morgan fingerprint density at radius 2 is 1.68 bits per heavy atom. The molecule has 1 fully saturated rings. The molecule has 2 N–H and O–H groups in total. The molecule has 0 saturated carbocycles. The van der Waals surface area contributed by atoms with Crippen LogP contribution in [-0.2, 0) is 37.3 Å². The average molecular weight is 540 g/mol. The molecule has 1 saturated heterocycles. The van der Waals surface area contributed by atoms with Gasteiger partial charge in [-0.05, 0) is 54.7 Å². The highest BCUT2D eigenvalue weighted by Crippen LogP contribution is 2.35. The summed E-state index contributed by atoms with van der Waals surface area (Å²) < 4.78 is 29.3. The van der Waals surface area contributed by atoms with Gasteiger partial charge in [0.25, 0.3) is 0 Å². The van der Waals surface area contributed by atoms with Gasteiger partial charge in [0, 0.05) is 38.0 Å². The quantitative estimate of drug-likeness (QED) is 0.572. The van der Waals surface area contributed by atoms with Crippen molar-refractivity contribution >= 4 is 21.8 Å². The predicted octanol–water partition coefficient (Wildman–Crippen LogP) is 3.66. The molecule has 2 aliphatic heterocycles. The third-order valence-electron chi connectivity index (χ3n) is 7.18. The van der Waals surface area contributed by atoms with Crippen LogP contribution in [0.2, 0.25) is 0 Å². The average Bonchev–Trinajstić information content (AvgIpc) is 3.16. The second-order valence-electron chi connectivity index (χ2n) is 11.0. The molecular weight excluding hydrogens is 506 g/mol. The van der Waals surface area contributed by atoms with E-state index in [9.17, 15) is 28.4 Å². The van der Waals surface area contributed by atoms with Crippen molar-refractivity contribution in [2.75, 3.05) is 13.2 Å². The number of nitrogens with zero attached hydrogens (tertiary/aromatic N) is 2. The van der Waals surface area contributed by atoms with E-state index in [0.717, 1.165) is 27.8 Å². The zero-order valence-corrected chi connectivity index (χ0v) is 22.7. The molecule has 2 amide bonds. The van der Waals surface area contributed by atoms with Gasteiger partial charge in [0.2, 0.25) is 5.91 Å². The lowest BCUT2D eigenvalue weighted by molar-refractivity contribution is -0.144. The van der Waals surface area contributed by atoms with E-state index in [2.05, 4.69) is 11.4 Å². The smallest absolute Gasteiger partial charge is 0.408 e. The number of fused-ring (bicyclic) bond motifs is 1. The first kappa shape index (κ1) is 27.6. The van der Waals surface area contributed by atoms with E-state index >= 15 is 0 Å². The number of hydrogen-bond acceptors (Lipinski definition) is 6. The van der Waals surface area contributed by atoms with Crippen molar-refractivity contribution in [3.05, 3.63) is 59.2 Å². The van der Waals surface area contributed by atoms with Crippen LogP contribution >= 0.6 is 0 Å². The number of benzene rings is 2. The minimum atomic E-state index is -3.08. The summed E-state index contributed by atoms with van der Waals surface area (Å²) in [4.78, 5) is 27.0. The van der Waals surface area contributed by atoms with Gasteiger partial charge in [-0.3, -0.25) is 9.69 Å². The van der Waals surface area contributed by atoms with Crippen LogP contribution in [0, 0.1) is 11.3 Å². The summed E-state index contributed by atoms with van der Waals surface area (Å²) in [5.41, 5.74) is 2.16. The van der Waals surface area contributed by atoms with Crippen LogP contribution < -0.4 is 5.32 Å². The van der Waals surface area contributed by atoms with Crippen LogP contribution in [0.3, 0.4) is 0 Å². The molecule has 1 atom stereocenters. The Balaban J connectivity index is 1.50. The highest BCUT2D eigenvalue weighted by Gasteiger charge is 2.52. The molecule has 202 valence electrons. The van der Waals surface area contributed by atoms with Gasteiger partial charge >= 0.3 is 6.09 Å². The van der Waals surface area contributed by atoms with Crippen molar-refractivity contribution < 1.29 is 27.9 Å². The number of carbonyl (C=O) groups excluding carboxylic acids is 1. The Labute approximate surface area is 223 Å². The summed E-state index contributed by atoms with van der Waals surface area (Å²) in [7, 11) is -3.08. The molecule has 0 unspecified atom stereocenters. The van der Waals surface area contributed by atoms with Crippen LogP contribution in [0.1, 0.15) is 50.3 Å². The second-order valence-corrected chi connectivity index (χ2v) is 13.1. The fourth-order valence-corrected chi connectivity index (χ4v) is 7.07. The number of carboxylic acid groups (broad SMARTS) is 1. The summed E-state index contributed by atoms with van der Waals surface area (Å²) in [5.74, 6) is -0.355. The molecule has 0 bridgehead atoms. The lowest BCUT2D eigenvalue weighted by Crippen LogP contribution is -2.68. The van der Waals surface area contributed by atoms with Gasteiger partial charge in [0.05, 0.1) is 17.6 Å². The topological polar surface area (TPSA) is 137 Å². The fourth-order valence-electron chi connectivity index (χ4n) is 5.47. The Hall–Kier alpha value is -3.42. The Kier molecular flexibility index (Phi) is 7.55. The van der Waals surface area contributed by atoms with Crippen LogP contribution in [0.25, 0.3) is 11.1 Å². The molecule has 0 spiro atoms. The highest BCUT2D eigenvalue weighted by molar-refractivity contribution is 7.90. The predicted molar refractivity (Wildman–Crippen MR) is 142 cm³/mol. The number of amides is 2. The van der Waals surface area contributed by atoms with Crippen molar-refractivity contribution in [3.8, 4) is 17.2 Å². The number of nitriles is 1. The van der Waals surface area contributed by atoms with Crippen LogP contribution in [0.5, 0.6) is 0 Å². The van der Waals surface area contributed by atoms with Crippen LogP contribution in [0.15, 0.2) is 42.5 Å². The number of carbonyl (C=O) groups is 2. The lowest BCUT2D eigenvalue weighted by atomic mass is 9.83. The van der Waals surface area contributed by atoms with Crippen LogP contribution in [-0.4, -0.2) is 60.8 Å². The van der Waals surface area contributed by atoms with E-state index in [-0.39, 0.29) is 44.0 Å². The standard InChI is InChI=1S/C28H33N3O6S/c1-27(2,3)31(26(33)34)28(10-12-37-13-11-28)25(32)30-24(16-29)14-19-4-6-20(7-5-19)21-8-9-22-17-38(35,36)18-23(22)15-21/h4-9,15,24H,10-14,17-18H2,1-3H3,(H,30,32)(H,33,34)/t24-/m0/s1. The maximum absolute atomic E-state index is 13.6. The Morgan fingerprint density at radius 1 is 1.08 bits per heavy atom. The van der Waals surface area contributed by atoms with Gasteiger partial charge in [0.15, 0.2) is 9.84 Å². The molecule has 2 heterocycles. The van der Waals surface area contributed by atoms with Gasteiger partial charge in [-0.1, -0.05) is 36.4 Å². The van der Waals surface area contributed by atoms with Gasteiger partial charge in [-0.25, -0.2) is 13.2 Å². The first-order valence-electron chi connectivity index (χ1n) is 12.6. The molecule has 0 radical (unpaired) electrons. The minimum absolute atomic E-state index is 0.0555. The number of ether oxygens (including phenoxy) is 1. The van der Waals surface area contributed by atoms with Crippen molar-refractivity contribution in [3.63, 3.8) is 0 Å². The first-order valence-corrected chi connectivity index (χ1v) is 14.4. The summed E-state index contributed by atoms with van der Waals surface area (Å²) in [6, 6.07) is 14.5.